The van der Waals surface area contributed by atoms with E-state index in [-0.39, 0.29) is 30.3 Å². The van der Waals surface area contributed by atoms with Crippen molar-refractivity contribution in [2.75, 3.05) is 6.54 Å². The molecule has 18 heavy (non-hydrogen) atoms. The van der Waals surface area contributed by atoms with Crippen molar-refractivity contribution in [1.29, 1.82) is 0 Å². The summed E-state index contributed by atoms with van der Waals surface area (Å²) < 4.78 is 0. The van der Waals surface area contributed by atoms with Gasteiger partial charge in [0.15, 0.2) is 0 Å². The molecule has 0 heterocycles. The molecule has 1 amide bonds. The summed E-state index contributed by atoms with van der Waals surface area (Å²) in [6, 6.07) is 0.196. The van der Waals surface area contributed by atoms with Crippen LogP contribution >= 0.6 is 12.4 Å². The Bertz CT molecular complexity index is 230. The second-order valence-electron chi connectivity index (χ2n) is 5.44. The van der Waals surface area contributed by atoms with Gasteiger partial charge in [0.2, 0.25) is 5.91 Å². The van der Waals surface area contributed by atoms with E-state index in [1.807, 2.05) is 6.92 Å². The third kappa shape index (κ3) is 5.57. The lowest BCUT2D eigenvalue weighted by molar-refractivity contribution is -0.125. The van der Waals surface area contributed by atoms with Crippen molar-refractivity contribution in [3.63, 3.8) is 0 Å². The summed E-state index contributed by atoms with van der Waals surface area (Å²) in [5.74, 6) is 0.914. The number of nitrogens with two attached hydrogens (primary N) is 1. The van der Waals surface area contributed by atoms with Crippen molar-refractivity contribution in [2.45, 2.75) is 64.8 Å². The molecule has 0 aromatic rings. The van der Waals surface area contributed by atoms with Crippen molar-refractivity contribution in [1.82, 2.24) is 5.32 Å². The Kier molecular flexibility index (Phi) is 9.47. The SMILES string of the molecule is CCCC(C)C(=O)NC(CN)C1CCCCC1.Cl. The molecule has 0 aromatic heterocycles. The average Bonchev–Trinajstić information content (AvgIpc) is 2.37. The zero-order chi connectivity index (χ0) is 12.7. The van der Waals surface area contributed by atoms with E-state index in [4.69, 9.17) is 5.73 Å². The van der Waals surface area contributed by atoms with Crippen LogP contribution in [-0.2, 0) is 4.79 Å². The van der Waals surface area contributed by atoms with Crippen LogP contribution in [0.1, 0.15) is 58.8 Å². The molecule has 108 valence electrons. The van der Waals surface area contributed by atoms with Crippen LogP contribution in [0.25, 0.3) is 0 Å². The lowest BCUT2D eigenvalue weighted by Gasteiger charge is -2.30. The smallest absolute Gasteiger partial charge is 0.223 e. The maximum absolute atomic E-state index is 12.0. The van der Waals surface area contributed by atoms with E-state index >= 15 is 0 Å². The molecule has 0 aliphatic heterocycles. The lowest BCUT2D eigenvalue weighted by Crippen LogP contribution is -2.47. The van der Waals surface area contributed by atoms with Gasteiger partial charge in [0.05, 0.1) is 0 Å². The molecular formula is C14H29ClN2O. The highest BCUT2D eigenvalue weighted by molar-refractivity contribution is 5.85. The Hall–Kier alpha value is -0.280. The molecule has 3 nitrogen and oxygen atoms in total. The molecule has 2 unspecified atom stereocenters. The summed E-state index contributed by atoms with van der Waals surface area (Å²) in [4.78, 5) is 12.0. The van der Waals surface area contributed by atoms with Gasteiger partial charge in [0.25, 0.3) is 0 Å². The zero-order valence-electron chi connectivity index (χ0n) is 11.8. The van der Waals surface area contributed by atoms with E-state index in [1.165, 1.54) is 32.1 Å². The fourth-order valence-electron chi connectivity index (χ4n) is 2.79. The number of halogens is 1. The molecule has 0 spiro atoms. The van der Waals surface area contributed by atoms with E-state index in [0.717, 1.165) is 12.8 Å². The lowest BCUT2D eigenvalue weighted by atomic mass is 9.83. The minimum Gasteiger partial charge on any atom is -0.352 e. The topological polar surface area (TPSA) is 55.1 Å². The molecule has 0 bridgehead atoms. The number of hydrogen-bond acceptors (Lipinski definition) is 2. The van der Waals surface area contributed by atoms with Gasteiger partial charge in [-0.1, -0.05) is 39.5 Å². The van der Waals surface area contributed by atoms with Gasteiger partial charge in [-0.3, -0.25) is 4.79 Å². The van der Waals surface area contributed by atoms with Gasteiger partial charge >= 0.3 is 0 Å². The first-order valence-electron chi connectivity index (χ1n) is 7.19. The van der Waals surface area contributed by atoms with Crippen LogP contribution in [0.15, 0.2) is 0 Å². The molecule has 0 radical (unpaired) electrons. The van der Waals surface area contributed by atoms with Crippen molar-refractivity contribution < 1.29 is 4.79 Å². The van der Waals surface area contributed by atoms with Gasteiger partial charge < -0.3 is 11.1 Å². The minimum atomic E-state index is 0. The molecule has 4 heteroatoms. The molecule has 0 aromatic carbocycles. The first-order valence-corrected chi connectivity index (χ1v) is 7.19. The Balaban J connectivity index is 0.00000289. The summed E-state index contributed by atoms with van der Waals surface area (Å²) in [6.07, 6.45) is 8.41. The van der Waals surface area contributed by atoms with Crippen LogP contribution in [0.2, 0.25) is 0 Å². The Labute approximate surface area is 118 Å². The van der Waals surface area contributed by atoms with Crippen LogP contribution in [0.3, 0.4) is 0 Å². The van der Waals surface area contributed by atoms with Gasteiger partial charge in [0.1, 0.15) is 0 Å². The largest absolute Gasteiger partial charge is 0.352 e. The van der Waals surface area contributed by atoms with Gasteiger partial charge in [-0.25, -0.2) is 0 Å². The zero-order valence-corrected chi connectivity index (χ0v) is 12.6. The van der Waals surface area contributed by atoms with E-state index in [9.17, 15) is 4.79 Å². The summed E-state index contributed by atoms with van der Waals surface area (Å²) in [5, 5.41) is 3.16. The molecule has 1 aliphatic rings. The van der Waals surface area contributed by atoms with Crippen LogP contribution < -0.4 is 11.1 Å². The van der Waals surface area contributed by atoms with Crippen molar-refractivity contribution in [3.05, 3.63) is 0 Å². The highest BCUT2D eigenvalue weighted by Crippen LogP contribution is 2.26. The second kappa shape index (κ2) is 9.62. The number of hydrogen-bond donors (Lipinski definition) is 2. The number of carbonyl (C=O) groups is 1. The van der Waals surface area contributed by atoms with Crippen LogP contribution in [0.4, 0.5) is 0 Å². The third-order valence-corrected chi connectivity index (χ3v) is 3.97. The van der Waals surface area contributed by atoms with Crippen LogP contribution in [0, 0.1) is 11.8 Å². The van der Waals surface area contributed by atoms with Crippen LogP contribution in [-0.4, -0.2) is 18.5 Å². The van der Waals surface area contributed by atoms with E-state index in [0.29, 0.717) is 12.5 Å². The third-order valence-electron chi connectivity index (χ3n) is 3.97. The fourth-order valence-corrected chi connectivity index (χ4v) is 2.79. The quantitative estimate of drug-likeness (QED) is 0.784. The first kappa shape index (κ1) is 17.7. The predicted molar refractivity (Wildman–Crippen MR) is 78.9 cm³/mol. The number of amides is 1. The molecule has 1 saturated carbocycles. The van der Waals surface area contributed by atoms with Gasteiger partial charge in [-0.15, -0.1) is 12.4 Å². The Morgan fingerprint density at radius 1 is 1.33 bits per heavy atom. The maximum atomic E-state index is 12.0. The standard InChI is InChI=1S/C14H28N2O.ClH/c1-3-7-11(2)14(17)16-13(10-15)12-8-5-4-6-9-12;/h11-13H,3-10,15H2,1-2H3,(H,16,17);1H. The molecule has 2 atom stereocenters. The number of carbonyl (C=O) groups excluding carboxylic acids is 1. The number of nitrogens with one attached hydrogen (secondary N) is 1. The summed E-state index contributed by atoms with van der Waals surface area (Å²) in [5.41, 5.74) is 5.81. The van der Waals surface area contributed by atoms with Gasteiger partial charge in [0, 0.05) is 18.5 Å². The predicted octanol–water partition coefficient (Wildman–Crippen LogP) is 2.87. The van der Waals surface area contributed by atoms with Crippen molar-refractivity contribution in [2.24, 2.45) is 17.6 Å². The highest BCUT2D eigenvalue weighted by atomic mass is 35.5. The second-order valence-corrected chi connectivity index (χ2v) is 5.44. The van der Waals surface area contributed by atoms with E-state index in [2.05, 4.69) is 12.2 Å². The summed E-state index contributed by atoms with van der Waals surface area (Å²) in [7, 11) is 0. The molecule has 1 aliphatic carbocycles. The fraction of sp³-hybridized carbons (Fsp3) is 0.929. The van der Waals surface area contributed by atoms with Gasteiger partial charge in [-0.05, 0) is 25.2 Å². The number of rotatable bonds is 6. The van der Waals surface area contributed by atoms with E-state index < -0.39 is 0 Å². The average molecular weight is 277 g/mol. The van der Waals surface area contributed by atoms with Crippen molar-refractivity contribution >= 4 is 18.3 Å². The highest BCUT2D eigenvalue weighted by Gasteiger charge is 2.25. The molecule has 0 saturated heterocycles. The molecule has 3 N–H and O–H groups in total. The Morgan fingerprint density at radius 2 is 1.94 bits per heavy atom. The first-order chi connectivity index (χ1) is 8.19. The van der Waals surface area contributed by atoms with Crippen LogP contribution in [0.5, 0.6) is 0 Å². The summed E-state index contributed by atoms with van der Waals surface area (Å²) in [6.45, 7) is 4.70. The monoisotopic (exact) mass is 276 g/mol. The van der Waals surface area contributed by atoms with Crippen molar-refractivity contribution in [3.8, 4) is 0 Å². The maximum Gasteiger partial charge on any atom is 0.223 e. The molecule has 1 rings (SSSR count). The normalized spacial score (nSPS) is 19.7. The Morgan fingerprint density at radius 3 is 2.44 bits per heavy atom. The molecule has 1 fully saturated rings. The van der Waals surface area contributed by atoms with Gasteiger partial charge in [-0.2, -0.15) is 0 Å². The summed E-state index contributed by atoms with van der Waals surface area (Å²) >= 11 is 0. The minimum absolute atomic E-state index is 0. The molecular weight excluding hydrogens is 248 g/mol. The van der Waals surface area contributed by atoms with E-state index in [1.54, 1.807) is 0 Å².